The molecule has 4 N–H and O–H groups in total. The van der Waals surface area contributed by atoms with E-state index in [9.17, 15) is 13.2 Å². The van der Waals surface area contributed by atoms with Crippen molar-refractivity contribution < 1.29 is 13.2 Å². The molecule has 23 heavy (non-hydrogen) atoms. The fraction of sp³-hybridized carbons (Fsp3) is 0.333. The van der Waals surface area contributed by atoms with Gasteiger partial charge >= 0.3 is 5.51 Å². The van der Waals surface area contributed by atoms with Gasteiger partial charge in [0.2, 0.25) is 5.96 Å². The van der Waals surface area contributed by atoms with Crippen LogP contribution in [-0.2, 0) is 0 Å². The average Bonchev–Trinajstić information content (AvgIpc) is 2.93. The van der Waals surface area contributed by atoms with Crippen LogP contribution < -0.4 is 11.5 Å². The van der Waals surface area contributed by atoms with Crippen LogP contribution in [0.5, 0.6) is 0 Å². The van der Waals surface area contributed by atoms with Crippen molar-refractivity contribution in [1.29, 1.82) is 0 Å². The highest BCUT2D eigenvalue weighted by Crippen LogP contribution is 2.37. The topological polar surface area (TPSA) is 80.0 Å². The molecule has 11 heteroatoms. The Morgan fingerprint density at radius 1 is 1.22 bits per heavy atom. The molecule has 1 aromatic carbocycles. The molecule has 1 aromatic rings. The summed E-state index contributed by atoms with van der Waals surface area (Å²) in [5.41, 5.74) is 7.58. The number of halogens is 4. The van der Waals surface area contributed by atoms with Crippen molar-refractivity contribution in [1.82, 2.24) is 4.90 Å². The molecule has 0 aromatic heterocycles. The van der Waals surface area contributed by atoms with Gasteiger partial charge in [-0.3, -0.25) is 0 Å². The lowest BCUT2D eigenvalue weighted by molar-refractivity contribution is -0.0328. The Morgan fingerprint density at radius 2 is 1.87 bits per heavy atom. The monoisotopic (exact) mass is 385 g/mol. The Morgan fingerprint density at radius 3 is 2.39 bits per heavy atom. The fourth-order valence-electron chi connectivity index (χ4n) is 1.66. The third kappa shape index (κ3) is 6.80. The Bertz CT molecular complexity index is 571. The molecule has 5 nitrogen and oxygen atoms in total. The Balaban J connectivity index is 0.00000264. The van der Waals surface area contributed by atoms with E-state index >= 15 is 0 Å². The van der Waals surface area contributed by atoms with E-state index in [2.05, 4.69) is 9.98 Å². The minimum atomic E-state index is -4.31. The van der Waals surface area contributed by atoms with Gasteiger partial charge in [-0.15, -0.1) is 24.2 Å². The first-order valence-corrected chi connectivity index (χ1v) is 8.17. The number of rotatable bonds is 2. The molecule has 0 aliphatic carbocycles. The van der Waals surface area contributed by atoms with Crippen molar-refractivity contribution in [2.24, 2.45) is 21.5 Å². The first-order chi connectivity index (χ1) is 10.3. The average molecular weight is 386 g/mol. The van der Waals surface area contributed by atoms with Gasteiger partial charge in [-0.1, -0.05) is 0 Å². The summed E-state index contributed by atoms with van der Waals surface area (Å²) < 4.78 is 36.7. The predicted molar refractivity (Wildman–Crippen MR) is 92.5 cm³/mol. The van der Waals surface area contributed by atoms with Crippen molar-refractivity contribution in [3.63, 3.8) is 0 Å². The molecule has 128 valence electrons. The van der Waals surface area contributed by atoms with Gasteiger partial charge in [0.15, 0.2) is 5.96 Å². The predicted octanol–water partition coefficient (Wildman–Crippen LogP) is 2.99. The molecule has 1 aliphatic heterocycles. The molecule has 1 saturated heterocycles. The summed E-state index contributed by atoms with van der Waals surface area (Å²) in [5.74, 6) is 1.98. The Hall–Kier alpha value is -1.26. The number of hydrogen-bond donors (Lipinski definition) is 2. The molecular weight excluding hydrogens is 371 g/mol. The second kappa shape index (κ2) is 8.55. The maximum Gasteiger partial charge on any atom is 0.446 e. The number of benzene rings is 1. The van der Waals surface area contributed by atoms with E-state index in [1.54, 1.807) is 11.8 Å². The van der Waals surface area contributed by atoms with Crippen LogP contribution in [0.1, 0.15) is 0 Å². The number of nitrogens with two attached hydrogens (primary N) is 2. The smallest absolute Gasteiger partial charge is 0.369 e. The molecule has 0 radical (unpaired) electrons. The standard InChI is InChI=1S/C12H14F3N5S2.ClH/c13-12(14,15)22-9-3-1-8(2-4-9)18-10(16)19-11(17)20-5-6-21-7-20;/h1-4H,5-7H2,(H4,16,17,18,19);1H. The SMILES string of the molecule is Cl.NC(=Nc1ccc(SC(F)(F)F)cc1)/N=C(/N)N1CCSC1. The van der Waals surface area contributed by atoms with E-state index in [0.717, 1.165) is 18.2 Å². The second-order valence-electron chi connectivity index (χ2n) is 4.28. The van der Waals surface area contributed by atoms with Crippen molar-refractivity contribution in [2.75, 3.05) is 18.2 Å². The summed E-state index contributed by atoms with van der Waals surface area (Å²) in [6, 6.07) is 5.54. The van der Waals surface area contributed by atoms with E-state index in [-0.39, 0.29) is 41.0 Å². The van der Waals surface area contributed by atoms with E-state index in [4.69, 9.17) is 11.5 Å². The molecule has 0 unspecified atom stereocenters. The van der Waals surface area contributed by atoms with Gasteiger partial charge in [-0.25, -0.2) is 4.99 Å². The molecule has 2 rings (SSSR count). The van der Waals surface area contributed by atoms with E-state index in [1.807, 2.05) is 4.90 Å². The molecule has 0 saturated carbocycles. The molecule has 0 atom stereocenters. The Labute approximate surface area is 146 Å². The van der Waals surface area contributed by atoms with Gasteiger partial charge in [0, 0.05) is 17.2 Å². The zero-order valence-electron chi connectivity index (χ0n) is 11.8. The number of aliphatic imine (C=N–C) groups is 2. The number of alkyl halides is 3. The maximum atomic E-state index is 12.2. The molecule has 0 bridgehead atoms. The molecule has 1 heterocycles. The number of thioether (sulfide) groups is 2. The van der Waals surface area contributed by atoms with Crippen LogP contribution in [0, 0.1) is 0 Å². The van der Waals surface area contributed by atoms with Crippen LogP contribution in [0.25, 0.3) is 0 Å². The van der Waals surface area contributed by atoms with Crippen molar-refractivity contribution in [2.45, 2.75) is 10.4 Å². The summed E-state index contributed by atoms with van der Waals surface area (Å²) >= 11 is 1.56. The van der Waals surface area contributed by atoms with Crippen molar-refractivity contribution in [3.05, 3.63) is 24.3 Å². The molecule has 1 fully saturated rings. The van der Waals surface area contributed by atoms with Gasteiger partial charge in [0.05, 0.1) is 11.6 Å². The highest BCUT2D eigenvalue weighted by atomic mass is 35.5. The first kappa shape index (κ1) is 19.8. The normalized spacial score (nSPS) is 16.4. The van der Waals surface area contributed by atoms with Crippen LogP contribution >= 0.6 is 35.9 Å². The van der Waals surface area contributed by atoms with Gasteiger partial charge in [-0.2, -0.15) is 18.2 Å². The first-order valence-electron chi connectivity index (χ1n) is 6.20. The highest BCUT2D eigenvalue weighted by molar-refractivity contribution is 8.00. The molecule has 1 aliphatic rings. The number of guanidine groups is 2. The van der Waals surface area contributed by atoms with Crippen LogP contribution in [0.15, 0.2) is 39.1 Å². The van der Waals surface area contributed by atoms with Crippen LogP contribution in [0.2, 0.25) is 0 Å². The summed E-state index contributed by atoms with van der Waals surface area (Å²) in [4.78, 5) is 9.95. The number of nitrogens with zero attached hydrogens (tertiary/aromatic N) is 3. The second-order valence-corrected chi connectivity index (χ2v) is 6.50. The van der Waals surface area contributed by atoms with Crippen molar-refractivity contribution in [3.8, 4) is 0 Å². The summed E-state index contributed by atoms with van der Waals surface area (Å²) in [6.45, 7) is 0.802. The largest absolute Gasteiger partial charge is 0.446 e. The van der Waals surface area contributed by atoms with Crippen LogP contribution in [-0.4, -0.2) is 40.5 Å². The van der Waals surface area contributed by atoms with E-state index < -0.39 is 5.51 Å². The lowest BCUT2D eigenvalue weighted by Gasteiger charge is -2.14. The molecule has 0 amide bonds. The van der Waals surface area contributed by atoms with Gasteiger partial charge < -0.3 is 16.4 Å². The van der Waals surface area contributed by atoms with E-state index in [0.29, 0.717) is 5.69 Å². The van der Waals surface area contributed by atoms with Gasteiger partial charge in [-0.05, 0) is 36.0 Å². The summed E-state index contributed by atoms with van der Waals surface area (Å²) in [7, 11) is 0. The van der Waals surface area contributed by atoms with Crippen molar-refractivity contribution >= 4 is 53.5 Å². The van der Waals surface area contributed by atoms with Crippen LogP contribution in [0.4, 0.5) is 18.9 Å². The molecule has 0 spiro atoms. The summed E-state index contributed by atoms with van der Waals surface area (Å²) in [5, 5.41) is 0. The van der Waals surface area contributed by atoms with Gasteiger partial charge in [0.1, 0.15) is 0 Å². The zero-order chi connectivity index (χ0) is 16.2. The lowest BCUT2D eigenvalue weighted by atomic mass is 10.3. The number of hydrogen-bond acceptors (Lipinski definition) is 3. The fourth-order valence-corrected chi connectivity index (χ4v) is 3.16. The van der Waals surface area contributed by atoms with E-state index in [1.165, 1.54) is 24.3 Å². The highest BCUT2D eigenvalue weighted by Gasteiger charge is 2.28. The zero-order valence-corrected chi connectivity index (χ0v) is 14.2. The maximum absolute atomic E-state index is 12.2. The lowest BCUT2D eigenvalue weighted by Crippen LogP contribution is -2.36. The minimum Gasteiger partial charge on any atom is -0.369 e. The minimum absolute atomic E-state index is 0. The summed E-state index contributed by atoms with van der Waals surface area (Å²) in [6.07, 6.45) is 0. The van der Waals surface area contributed by atoms with Gasteiger partial charge in [0.25, 0.3) is 0 Å². The van der Waals surface area contributed by atoms with Crippen LogP contribution in [0.3, 0.4) is 0 Å². The Kier molecular flexibility index (Phi) is 7.36. The third-order valence-electron chi connectivity index (χ3n) is 2.62. The molecular formula is C12H15ClF3N5S2. The quantitative estimate of drug-likeness (QED) is 0.464. The third-order valence-corrected chi connectivity index (χ3v) is 4.32.